The van der Waals surface area contributed by atoms with Gasteiger partial charge in [-0.2, -0.15) is 0 Å². The van der Waals surface area contributed by atoms with Crippen LogP contribution in [-0.4, -0.2) is 39.6 Å². The molecule has 0 radical (unpaired) electrons. The molecule has 1 fully saturated rings. The van der Waals surface area contributed by atoms with E-state index in [9.17, 15) is 14.7 Å². The highest BCUT2D eigenvalue weighted by Crippen LogP contribution is 2.26. The van der Waals surface area contributed by atoms with Crippen LogP contribution in [0, 0.1) is 5.92 Å². The first-order valence-corrected chi connectivity index (χ1v) is 5.83. The molecule has 1 aliphatic rings. The number of hydrogen-bond donors (Lipinski definition) is 2. The fourth-order valence-electron chi connectivity index (χ4n) is 2.36. The van der Waals surface area contributed by atoms with Crippen LogP contribution in [0.15, 0.2) is 24.3 Å². The summed E-state index contributed by atoms with van der Waals surface area (Å²) in [6.07, 6.45) is 0.473. The van der Waals surface area contributed by atoms with E-state index in [2.05, 4.69) is 0 Å². The molecule has 2 N–H and O–H groups in total. The van der Waals surface area contributed by atoms with E-state index >= 15 is 0 Å². The molecule has 0 aromatic heterocycles. The number of carboxylic acids is 1. The quantitative estimate of drug-likeness (QED) is 0.828. The maximum Gasteiger partial charge on any atom is 0.308 e. The molecule has 0 spiro atoms. The van der Waals surface area contributed by atoms with Crippen molar-refractivity contribution >= 4 is 11.9 Å². The van der Waals surface area contributed by atoms with E-state index in [-0.39, 0.29) is 17.7 Å². The minimum absolute atomic E-state index is 0.0301. The fourth-order valence-corrected chi connectivity index (χ4v) is 2.36. The third-order valence-corrected chi connectivity index (χ3v) is 3.43. The third-order valence-electron chi connectivity index (χ3n) is 3.43. The molecular formula is C13H15NO4. The van der Waals surface area contributed by atoms with Crippen LogP contribution in [0.3, 0.4) is 0 Å². The molecule has 5 nitrogen and oxygen atoms in total. The first kappa shape index (κ1) is 12.4. The third kappa shape index (κ3) is 2.16. The number of carboxylic acid groups (broad SMARTS) is 1. The first-order valence-electron chi connectivity index (χ1n) is 5.83. The zero-order valence-corrected chi connectivity index (χ0v) is 10.0. The molecule has 1 aromatic carbocycles. The summed E-state index contributed by atoms with van der Waals surface area (Å²) in [7, 11) is 0. The van der Waals surface area contributed by atoms with Crippen LogP contribution in [0.2, 0.25) is 0 Å². The van der Waals surface area contributed by atoms with Crippen LogP contribution < -0.4 is 0 Å². The van der Waals surface area contributed by atoms with Gasteiger partial charge in [-0.15, -0.1) is 0 Å². The Bertz CT molecular complexity index is 486. The summed E-state index contributed by atoms with van der Waals surface area (Å²) >= 11 is 0. The van der Waals surface area contributed by atoms with Crippen LogP contribution in [0.1, 0.15) is 23.7 Å². The molecule has 96 valence electrons. The van der Waals surface area contributed by atoms with Gasteiger partial charge in [-0.25, -0.2) is 0 Å². The molecule has 0 aliphatic carbocycles. The van der Waals surface area contributed by atoms with Crippen molar-refractivity contribution in [1.29, 1.82) is 0 Å². The highest BCUT2D eigenvalue weighted by atomic mass is 16.4. The van der Waals surface area contributed by atoms with E-state index in [1.54, 1.807) is 24.0 Å². The number of phenolic OH excluding ortho intramolecular Hbond substituents is 1. The van der Waals surface area contributed by atoms with Crippen molar-refractivity contribution in [3.63, 3.8) is 0 Å². The molecule has 0 saturated carbocycles. The normalized spacial score (nSPS) is 23.1. The molecular weight excluding hydrogens is 234 g/mol. The average molecular weight is 249 g/mol. The largest absolute Gasteiger partial charge is 0.508 e. The summed E-state index contributed by atoms with van der Waals surface area (Å²) < 4.78 is 0. The number of hydrogen-bond acceptors (Lipinski definition) is 3. The highest BCUT2D eigenvalue weighted by molar-refractivity contribution is 5.95. The molecule has 1 aliphatic heterocycles. The predicted octanol–water partition coefficient (Wildman–Crippen LogP) is 1.33. The number of aromatic hydroxyl groups is 1. The summed E-state index contributed by atoms with van der Waals surface area (Å²) in [5, 5.41) is 18.4. The molecule has 0 bridgehead atoms. The summed E-state index contributed by atoms with van der Waals surface area (Å²) in [5.41, 5.74) is 0.382. The molecule has 1 aromatic rings. The topological polar surface area (TPSA) is 77.8 Å². The summed E-state index contributed by atoms with van der Waals surface area (Å²) in [6, 6.07) is 5.77. The summed E-state index contributed by atoms with van der Waals surface area (Å²) in [5.74, 6) is -1.58. The second-order valence-corrected chi connectivity index (χ2v) is 4.52. The van der Waals surface area contributed by atoms with Crippen molar-refractivity contribution < 1.29 is 19.8 Å². The van der Waals surface area contributed by atoms with E-state index in [0.717, 1.165) is 0 Å². The Labute approximate surface area is 105 Å². The number of carbonyl (C=O) groups excluding carboxylic acids is 1. The van der Waals surface area contributed by atoms with Gasteiger partial charge in [0.05, 0.1) is 5.92 Å². The molecule has 1 saturated heterocycles. The van der Waals surface area contributed by atoms with Gasteiger partial charge in [-0.05, 0) is 31.5 Å². The van der Waals surface area contributed by atoms with Gasteiger partial charge < -0.3 is 15.1 Å². The lowest BCUT2D eigenvalue weighted by Gasteiger charge is -2.23. The van der Waals surface area contributed by atoms with E-state index in [1.165, 1.54) is 12.1 Å². The zero-order chi connectivity index (χ0) is 13.3. The number of benzene rings is 1. The lowest BCUT2D eigenvalue weighted by atomic mass is 10.0. The van der Waals surface area contributed by atoms with Crippen LogP contribution in [0.4, 0.5) is 0 Å². The van der Waals surface area contributed by atoms with Crippen LogP contribution in [0.25, 0.3) is 0 Å². The number of phenols is 1. The second-order valence-electron chi connectivity index (χ2n) is 4.52. The van der Waals surface area contributed by atoms with E-state index in [0.29, 0.717) is 18.5 Å². The fraction of sp³-hybridized carbons (Fsp3) is 0.385. The van der Waals surface area contributed by atoms with Crippen LogP contribution in [-0.2, 0) is 4.79 Å². The van der Waals surface area contributed by atoms with Gasteiger partial charge in [0.1, 0.15) is 5.75 Å². The van der Waals surface area contributed by atoms with Gasteiger partial charge in [0.25, 0.3) is 5.91 Å². The maximum absolute atomic E-state index is 12.2. The molecule has 2 unspecified atom stereocenters. The Kier molecular flexibility index (Phi) is 3.23. The first-order chi connectivity index (χ1) is 8.50. The highest BCUT2D eigenvalue weighted by Gasteiger charge is 2.38. The molecule has 2 atom stereocenters. The van der Waals surface area contributed by atoms with Gasteiger partial charge in [0.15, 0.2) is 0 Å². The number of aliphatic carboxylic acids is 1. The van der Waals surface area contributed by atoms with Crippen molar-refractivity contribution in [1.82, 2.24) is 4.90 Å². The Morgan fingerprint density at radius 3 is 2.67 bits per heavy atom. The molecule has 1 amide bonds. The lowest BCUT2D eigenvalue weighted by Crippen LogP contribution is -2.37. The van der Waals surface area contributed by atoms with Crippen LogP contribution in [0.5, 0.6) is 5.75 Å². The maximum atomic E-state index is 12.2. The van der Waals surface area contributed by atoms with Crippen LogP contribution >= 0.6 is 0 Å². The van der Waals surface area contributed by atoms with Crippen molar-refractivity contribution in [3.8, 4) is 5.75 Å². The zero-order valence-electron chi connectivity index (χ0n) is 10.0. The summed E-state index contributed by atoms with van der Waals surface area (Å²) in [4.78, 5) is 24.7. The molecule has 2 rings (SSSR count). The smallest absolute Gasteiger partial charge is 0.308 e. The monoisotopic (exact) mass is 249 g/mol. The molecule has 1 heterocycles. The SMILES string of the molecule is CC1C(C(=O)O)CCN1C(=O)c1cccc(O)c1. The Morgan fingerprint density at radius 2 is 2.11 bits per heavy atom. The van der Waals surface area contributed by atoms with Gasteiger partial charge in [0, 0.05) is 18.2 Å². The second kappa shape index (κ2) is 4.68. The van der Waals surface area contributed by atoms with Gasteiger partial charge in [0.2, 0.25) is 0 Å². The predicted molar refractivity (Wildman–Crippen MR) is 64.3 cm³/mol. The number of nitrogens with zero attached hydrogens (tertiary/aromatic N) is 1. The van der Waals surface area contributed by atoms with Gasteiger partial charge >= 0.3 is 5.97 Å². The standard InChI is InChI=1S/C13H15NO4/c1-8-11(13(17)18)5-6-14(8)12(16)9-3-2-4-10(15)7-9/h2-4,7-8,11,15H,5-6H2,1H3,(H,17,18). The lowest BCUT2D eigenvalue weighted by molar-refractivity contribution is -0.142. The van der Waals surface area contributed by atoms with Crippen molar-refractivity contribution in [2.75, 3.05) is 6.54 Å². The summed E-state index contributed by atoms with van der Waals surface area (Å²) in [6.45, 7) is 2.18. The minimum Gasteiger partial charge on any atom is -0.508 e. The number of rotatable bonds is 2. The van der Waals surface area contributed by atoms with Crippen molar-refractivity contribution in [2.24, 2.45) is 5.92 Å². The van der Waals surface area contributed by atoms with Gasteiger partial charge in [-0.1, -0.05) is 6.07 Å². The Morgan fingerprint density at radius 1 is 1.39 bits per heavy atom. The van der Waals surface area contributed by atoms with E-state index in [1.807, 2.05) is 0 Å². The van der Waals surface area contributed by atoms with E-state index in [4.69, 9.17) is 5.11 Å². The van der Waals surface area contributed by atoms with E-state index < -0.39 is 11.9 Å². The minimum atomic E-state index is -0.867. The Balaban J connectivity index is 2.18. The van der Waals surface area contributed by atoms with Crippen molar-refractivity contribution in [3.05, 3.63) is 29.8 Å². The number of carbonyl (C=O) groups is 2. The van der Waals surface area contributed by atoms with Gasteiger partial charge in [-0.3, -0.25) is 9.59 Å². The Hall–Kier alpha value is -2.04. The molecule has 5 heteroatoms. The number of amides is 1. The average Bonchev–Trinajstić information content (AvgIpc) is 2.70. The number of likely N-dealkylation sites (tertiary alicyclic amines) is 1. The van der Waals surface area contributed by atoms with Crippen molar-refractivity contribution in [2.45, 2.75) is 19.4 Å². The molecule has 18 heavy (non-hydrogen) atoms.